The van der Waals surface area contributed by atoms with Crippen LogP contribution in [-0.2, 0) is 27.2 Å². The lowest BCUT2D eigenvalue weighted by Gasteiger charge is -2.15. The quantitative estimate of drug-likeness (QED) is 0.102. The van der Waals surface area contributed by atoms with Crippen LogP contribution in [0.3, 0.4) is 0 Å². The highest BCUT2D eigenvalue weighted by Gasteiger charge is 2.41. The summed E-state index contributed by atoms with van der Waals surface area (Å²) in [6.07, 6.45) is 3.46. The van der Waals surface area contributed by atoms with E-state index in [2.05, 4.69) is 30.1 Å². The number of ketones is 1. The topological polar surface area (TPSA) is 117 Å². The number of ether oxygens (including phenoxy) is 1. The largest absolute Gasteiger partial charge is 0.454 e. The Morgan fingerprint density at radius 2 is 1.73 bits per heavy atom. The zero-order valence-electron chi connectivity index (χ0n) is 24.6. The predicted molar refractivity (Wildman–Crippen MR) is 170 cm³/mol. The molecule has 3 aromatic carbocycles. The minimum Gasteiger partial charge on any atom is -0.454 e. The molecule has 0 saturated carbocycles. The molecule has 45 heavy (non-hydrogen) atoms. The van der Waals surface area contributed by atoms with Gasteiger partial charge in [-0.1, -0.05) is 61.5 Å². The van der Waals surface area contributed by atoms with Crippen molar-refractivity contribution in [2.45, 2.75) is 49.3 Å². The molecule has 8 nitrogen and oxygen atoms in total. The number of hydrogen-bond donors (Lipinski definition) is 0. The Kier molecular flexibility index (Phi) is 8.58. The molecule has 2 aliphatic rings. The molecule has 1 fully saturated rings. The van der Waals surface area contributed by atoms with Crippen LogP contribution in [-0.4, -0.2) is 40.4 Å². The molecule has 1 aliphatic carbocycles. The van der Waals surface area contributed by atoms with Gasteiger partial charge >= 0.3 is 5.97 Å². The van der Waals surface area contributed by atoms with Crippen molar-refractivity contribution < 1.29 is 23.9 Å². The van der Waals surface area contributed by atoms with Crippen LogP contribution in [0.25, 0.3) is 11.1 Å². The van der Waals surface area contributed by atoms with E-state index in [0.717, 1.165) is 59.2 Å². The Labute approximate surface area is 265 Å². The third kappa shape index (κ3) is 6.15. The van der Waals surface area contributed by atoms with Crippen molar-refractivity contribution in [3.05, 3.63) is 112 Å². The van der Waals surface area contributed by atoms with Crippen molar-refractivity contribution in [3.63, 3.8) is 0 Å². The fourth-order valence-corrected chi connectivity index (χ4v) is 6.73. The van der Waals surface area contributed by atoms with Gasteiger partial charge in [-0.25, -0.2) is 14.7 Å². The Morgan fingerprint density at radius 1 is 0.978 bits per heavy atom. The van der Waals surface area contributed by atoms with E-state index >= 15 is 0 Å². The first-order valence-corrected chi connectivity index (χ1v) is 15.7. The maximum Gasteiger partial charge on any atom is 0.338 e. The molecule has 1 saturated heterocycles. The Hall–Kier alpha value is -5.07. The first-order valence-electron chi connectivity index (χ1n) is 14.8. The number of esters is 1. The number of aryl methyl sites for hydroxylation is 1. The molecule has 6 rings (SSSR count). The molecule has 4 aromatic rings. The standard InChI is InChI=1S/C36H29N3O5S/c1-2-3-7-27-13-9-25(20-37)34(38-27)45-32-19-33(41)39(35(32)42)28-14-10-22(11-15-28)36(43)44-21-31(40)24-12-16-30-26(18-24)17-23-6-4-5-8-29(23)30/h4-6,8-16,18,32H,2-3,7,17,19,21H2,1H3. The third-order valence-corrected chi connectivity index (χ3v) is 9.18. The fourth-order valence-electron chi connectivity index (χ4n) is 5.62. The van der Waals surface area contributed by atoms with Crippen LogP contribution >= 0.6 is 11.8 Å². The van der Waals surface area contributed by atoms with Gasteiger partial charge in [0, 0.05) is 17.7 Å². The number of anilines is 1. The molecule has 224 valence electrons. The summed E-state index contributed by atoms with van der Waals surface area (Å²) in [6.45, 7) is 1.68. The number of aromatic nitrogens is 1. The molecule has 0 radical (unpaired) electrons. The van der Waals surface area contributed by atoms with Crippen LogP contribution in [0.15, 0.2) is 83.9 Å². The van der Waals surface area contributed by atoms with Crippen molar-refractivity contribution in [2.75, 3.05) is 11.5 Å². The molecule has 0 N–H and O–H groups in total. The Bertz CT molecular complexity index is 1880. The van der Waals surface area contributed by atoms with Crippen LogP contribution in [0.5, 0.6) is 0 Å². The number of rotatable bonds is 10. The van der Waals surface area contributed by atoms with Crippen molar-refractivity contribution in [3.8, 4) is 17.2 Å². The number of amides is 2. The van der Waals surface area contributed by atoms with Gasteiger partial charge in [-0.05, 0) is 84.0 Å². The fraction of sp³-hybridized carbons (Fsp3) is 0.222. The summed E-state index contributed by atoms with van der Waals surface area (Å²) < 4.78 is 5.30. The summed E-state index contributed by atoms with van der Waals surface area (Å²) in [5.41, 5.74) is 6.77. The second-order valence-electron chi connectivity index (χ2n) is 11.0. The lowest BCUT2D eigenvalue weighted by Crippen LogP contribution is -2.31. The second-order valence-corrected chi connectivity index (χ2v) is 12.2. The first-order chi connectivity index (χ1) is 21.9. The zero-order chi connectivity index (χ0) is 31.5. The number of nitriles is 1. The van der Waals surface area contributed by atoms with Crippen molar-refractivity contribution in [2.24, 2.45) is 0 Å². The van der Waals surface area contributed by atoms with Gasteiger partial charge < -0.3 is 4.74 Å². The van der Waals surface area contributed by atoms with Gasteiger partial charge in [0.15, 0.2) is 12.4 Å². The minimum absolute atomic E-state index is 0.0318. The average Bonchev–Trinajstić information content (AvgIpc) is 3.57. The Morgan fingerprint density at radius 3 is 2.51 bits per heavy atom. The maximum absolute atomic E-state index is 13.3. The zero-order valence-corrected chi connectivity index (χ0v) is 25.4. The van der Waals surface area contributed by atoms with E-state index in [-0.39, 0.29) is 23.7 Å². The van der Waals surface area contributed by atoms with E-state index < -0.39 is 23.7 Å². The van der Waals surface area contributed by atoms with Gasteiger partial charge in [-0.2, -0.15) is 5.26 Å². The average molecular weight is 616 g/mol. The van der Waals surface area contributed by atoms with Crippen LogP contribution in [0.1, 0.15) is 69.3 Å². The highest BCUT2D eigenvalue weighted by Crippen LogP contribution is 2.37. The van der Waals surface area contributed by atoms with E-state index in [1.807, 2.05) is 30.3 Å². The molecule has 9 heteroatoms. The van der Waals surface area contributed by atoms with Gasteiger partial charge in [0.25, 0.3) is 0 Å². The van der Waals surface area contributed by atoms with Crippen molar-refractivity contribution in [1.82, 2.24) is 4.98 Å². The number of thioether (sulfide) groups is 1. The molecule has 1 unspecified atom stereocenters. The summed E-state index contributed by atoms with van der Waals surface area (Å²) in [4.78, 5) is 57.4. The molecule has 2 amide bonds. The number of unbranched alkanes of at least 4 members (excludes halogenated alkanes) is 1. The molecular formula is C36H29N3O5S. The van der Waals surface area contributed by atoms with E-state index in [9.17, 15) is 24.4 Å². The number of pyridine rings is 1. The van der Waals surface area contributed by atoms with Crippen molar-refractivity contribution >= 4 is 41.0 Å². The maximum atomic E-state index is 13.3. The number of carbonyl (C=O) groups is 4. The normalized spacial score (nSPS) is 15.0. The van der Waals surface area contributed by atoms with Crippen LogP contribution in [0.4, 0.5) is 5.69 Å². The summed E-state index contributed by atoms with van der Waals surface area (Å²) >= 11 is 1.13. The first kappa shape index (κ1) is 30.0. The summed E-state index contributed by atoms with van der Waals surface area (Å²) in [6, 6.07) is 25.3. The molecule has 1 aliphatic heterocycles. The molecule has 1 aromatic heterocycles. The van der Waals surface area contributed by atoms with Crippen LogP contribution in [0, 0.1) is 11.3 Å². The number of Topliss-reactive ketones (excluding diaryl/α,β-unsaturated/α-hetero) is 1. The minimum atomic E-state index is -0.720. The molecular weight excluding hydrogens is 586 g/mol. The van der Waals surface area contributed by atoms with Gasteiger partial charge in [0.05, 0.1) is 22.1 Å². The molecule has 0 spiro atoms. The van der Waals surface area contributed by atoms with Crippen molar-refractivity contribution in [1.29, 1.82) is 5.26 Å². The summed E-state index contributed by atoms with van der Waals surface area (Å²) in [5, 5.41) is 9.27. The van der Waals surface area contributed by atoms with Gasteiger partial charge in [0.1, 0.15) is 11.1 Å². The van der Waals surface area contributed by atoms with Crippen LogP contribution < -0.4 is 4.90 Å². The number of imide groups is 1. The predicted octanol–water partition coefficient (Wildman–Crippen LogP) is 6.33. The SMILES string of the molecule is CCCCc1ccc(C#N)c(SC2CC(=O)N(c3ccc(C(=O)OCC(=O)c4ccc5c(c4)Cc4ccccc4-5)cc3)C2=O)n1. The lowest BCUT2D eigenvalue weighted by atomic mass is 10.0. The number of fused-ring (bicyclic) bond motifs is 3. The number of hydrogen-bond acceptors (Lipinski definition) is 8. The molecule has 2 heterocycles. The number of nitrogens with zero attached hydrogens (tertiary/aromatic N) is 3. The summed E-state index contributed by atoms with van der Waals surface area (Å²) in [7, 11) is 0. The lowest BCUT2D eigenvalue weighted by molar-refractivity contribution is -0.121. The second kappa shape index (κ2) is 12.9. The third-order valence-electron chi connectivity index (χ3n) is 8.00. The number of carbonyl (C=O) groups excluding carboxylic acids is 4. The van der Waals surface area contributed by atoms with Gasteiger partial charge in [0.2, 0.25) is 11.8 Å². The number of benzene rings is 3. The smallest absolute Gasteiger partial charge is 0.338 e. The van der Waals surface area contributed by atoms with E-state index in [1.165, 1.54) is 35.4 Å². The van der Waals surface area contributed by atoms with Gasteiger partial charge in [-0.3, -0.25) is 14.4 Å². The molecule has 1 atom stereocenters. The van der Waals surface area contributed by atoms with Gasteiger partial charge in [-0.15, -0.1) is 0 Å². The van der Waals surface area contributed by atoms with Crippen LogP contribution in [0.2, 0.25) is 0 Å². The highest BCUT2D eigenvalue weighted by molar-refractivity contribution is 8.00. The molecule has 0 bridgehead atoms. The monoisotopic (exact) mass is 615 g/mol. The van der Waals surface area contributed by atoms with E-state index in [1.54, 1.807) is 12.1 Å². The summed E-state index contributed by atoms with van der Waals surface area (Å²) in [5.74, 6) is -1.78. The van der Waals surface area contributed by atoms with E-state index in [0.29, 0.717) is 21.8 Å². The Balaban J connectivity index is 1.07. The highest BCUT2D eigenvalue weighted by atomic mass is 32.2. The van der Waals surface area contributed by atoms with E-state index in [4.69, 9.17) is 4.74 Å².